The first-order valence-electron chi connectivity index (χ1n) is 8.30. The van der Waals surface area contributed by atoms with Gasteiger partial charge in [-0.15, -0.1) is 22.0 Å². The minimum absolute atomic E-state index is 0.294. The lowest BCUT2D eigenvalue weighted by Crippen LogP contribution is -2.41. The zero-order valence-corrected chi connectivity index (χ0v) is 15.0. The minimum atomic E-state index is 0.294. The van der Waals surface area contributed by atoms with Gasteiger partial charge in [-0.1, -0.05) is 18.2 Å². The Balaban J connectivity index is 1.49. The lowest BCUT2D eigenvalue weighted by atomic mass is 10.4. The van der Waals surface area contributed by atoms with Crippen molar-refractivity contribution >= 4 is 17.7 Å². The Bertz CT molecular complexity index is 677. The lowest BCUT2D eigenvalue weighted by molar-refractivity contribution is 0.668. The SMILES string of the molecule is CCn1cnnc1CNC(=NC)NCC1(Sc2ccccc2)CC1. The van der Waals surface area contributed by atoms with Crippen LogP contribution in [0.3, 0.4) is 0 Å². The van der Waals surface area contributed by atoms with Crippen molar-refractivity contribution in [2.75, 3.05) is 13.6 Å². The molecular weight excluding hydrogens is 320 g/mol. The summed E-state index contributed by atoms with van der Waals surface area (Å²) in [6.07, 6.45) is 4.23. The highest BCUT2D eigenvalue weighted by molar-refractivity contribution is 8.01. The van der Waals surface area contributed by atoms with Crippen LogP contribution in [-0.4, -0.2) is 39.1 Å². The molecule has 1 saturated carbocycles. The van der Waals surface area contributed by atoms with E-state index >= 15 is 0 Å². The van der Waals surface area contributed by atoms with Gasteiger partial charge in [-0.05, 0) is 31.9 Å². The fourth-order valence-electron chi connectivity index (χ4n) is 2.50. The summed E-state index contributed by atoms with van der Waals surface area (Å²) in [5, 5.41) is 14.9. The van der Waals surface area contributed by atoms with Crippen LogP contribution in [0.2, 0.25) is 0 Å². The Morgan fingerprint density at radius 2 is 2.08 bits per heavy atom. The van der Waals surface area contributed by atoms with Gasteiger partial charge in [-0.25, -0.2) is 0 Å². The van der Waals surface area contributed by atoms with E-state index in [1.807, 2.05) is 16.3 Å². The summed E-state index contributed by atoms with van der Waals surface area (Å²) in [5.41, 5.74) is 0. The monoisotopic (exact) mass is 344 g/mol. The second-order valence-electron chi connectivity index (χ2n) is 5.91. The van der Waals surface area contributed by atoms with Crippen LogP contribution in [0.15, 0.2) is 46.5 Å². The molecule has 0 atom stereocenters. The van der Waals surface area contributed by atoms with E-state index in [9.17, 15) is 0 Å². The fraction of sp³-hybridized carbons (Fsp3) is 0.471. The molecule has 2 aromatic rings. The highest BCUT2D eigenvalue weighted by Crippen LogP contribution is 2.51. The first-order valence-corrected chi connectivity index (χ1v) is 9.11. The van der Waals surface area contributed by atoms with Gasteiger partial charge in [0, 0.05) is 29.8 Å². The number of rotatable bonds is 7. The van der Waals surface area contributed by atoms with Gasteiger partial charge in [0.25, 0.3) is 0 Å². The number of aryl methyl sites for hydroxylation is 1. The van der Waals surface area contributed by atoms with Crippen LogP contribution in [-0.2, 0) is 13.1 Å². The molecular formula is C17H24N6S. The van der Waals surface area contributed by atoms with E-state index in [1.165, 1.54) is 17.7 Å². The largest absolute Gasteiger partial charge is 0.355 e. The van der Waals surface area contributed by atoms with E-state index < -0.39 is 0 Å². The third-order valence-corrected chi connectivity index (χ3v) is 5.63. The van der Waals surface area contributed by atoms with Crippen molar-refractivity contribution in [2.24, 2.45) is 4.99 Å². The number of benzene rings is 1. The van der Waals surface area contributed by atoms with Gasteiger partial charge >= 0.3 is 0 Å². The molecule has 1 heterocycles. The number of thioether (sulfide) groups is 1. The van der Waals surface area contributed by atoms with Crippen LogP contribution in [0.25, 0.3) is 0 Å². The predicted octanol–water partition coefficient (Wildman–Crippen LogP) is 2.29. The molecule has 1 fully saturated rings. The number of hydrogen-bond acceptors (Lipinski definition) is 4. The van der Waals surface area contributed by atoms with Crippen LogP contribution in [0.5, 0.6) is 0 Å². The standard InChI is InChI=1S/C17H24N6S/c1-3-23-13-21-22-15(23)11-19-16(18-2)20-12-17(9-10-17)24-14-7-5-4-6-8-14/h4-8,13H,3,9-12H2,1-2H3,(H2,18,19,20). The summed E-state index contributed by atoms with van der Waals surface area (Å²) in [6.45, 7) is 4.48. The normalized spacial score (nSPS) is 16.0. The van der Waals surface area contributed by atoms with Crippen LogP contribution in [0.1, 0.15) is 25.6 Å². The fourth-order valence-corrected chi connectivity index (χ4v) is 3.74. The molecule has 1 aromatic heterocycles. The van der Waals surface area contributed by atoms with Crippen LogP contribution in [0.4, 0.5) is 0 Å². The summed E-state index contributed by atoms with van der Waals surface area (Å²) >= 11 is 1.96. The van der Waals surface area contributed by atoms with Gasteiger partial charge in [0.15, 0.2) is 11.8 Å². The molecule has 1 aliphatic carbocycles. The van der Waals surface area contributed by atoms with E-state index in [4.69, 9.17) is 0 Å². The second-order valence-corrected chi connectivity index (χ2v) is 7.45. The average molecular weight is 344 g/mol. The van der Waals surface area contributed by atoms with E-state index in [0.717, 1.165) is 24.9 Å². The highest BCUT2D eigenvalue weighted by atomic mass is 32.2. The summed E-state index contributed by atoms with van der Waals surface area (Å²) in [7, 11) is 1.80. The van der Waals surface area contributed by atoms with Gasteiger partial charge in [0.05, 0.1) is 6.54 Å². The number of nitrogens with zero attached hydrogens (tertiary/aromatic N) is 4. The van der Waals surface area contributed by atoms with E-state index in [1.54, 1.807) is 13.4 Å². The van der Waals surface area contributed by atoms with E-state index in [0.29, 0.717) is 11.3 Å². The molecule has 0 unspecified atom stereocenters. The minimum Gasteiger partial charge on any atom is -0.355 e. The Hall–Kier alpha value is -2.02. The van der Waals surface area contributed by atoms with Gasteiger partial charge in [-0.3, -0.25) is 4.99 Å². The van der Waals surface area contributed by atoms with Crippen molar-refractivity contribution in [1.29, 1.82) is 0 Å². The molecule has 0 spiro atoms. The van der Waals surface area contributed by atoms with Gasteiger partial charge < -0.3 is 15.2 Å². The van der Waals surface area contributed by atoms with Gasteiger partial charge in [-0.2, -0.15) is 0 Å². The average Bonchev–Trinajstić information content (AvgIpc) is 3.22. The van der Waals surface area contributed by atoms with Gasteiger partial charge in [0.1, 0.15) is 6.33 Å². The molecule has 24 heavy (non-hydrogen) atoms. The molecule has 0 bridgehead atoms. The molecule has 0 radical (unpaired) electrons. The number of aromatic nitrogens is 3. The van der Waals surface area contributed by atoms with Crippen molar-refractivity contribution in [3.63, 3.8) is 0 Å². The Kier molecular flexibility index (Phi) is 5.40. The Morgan fingerprint density at radius 1 is 1.29 bits per heavy atom. The smallest absolute Gasteiger partial charge is 0.191 e. The maximum absolute atomic E-state index is 4.31. The predicted molar refractivity (Wildman–Crippen MR) is 98.2 cm³/mol. The summed E-state index contributed by atoms with van der Waals surface area (Å²) < 4.78 is 2.32. The molecule has 2 N–H and O–H groups in total. The van der Waals surface area contributed by atoms with Crippen molar-refractivity contribution < 1.29 is 0 Å². The van der Waals surface area contributed by atoms with E-state index in [-0.39, 0.29) is 0 Å². The van der Waals surface area contributed by atoms with Crippen LogP contribution >= 0.6 is 11.8 Å². The van der Waals surface area contributed by atoms with Crippen molar-refractivity contribution in [2.45, 2.75) is 42.5 Å². The zero-order chi connectivity index (χ0) is 16.8. The number of aliphatic imine (C=N–C) groups is 1. The number of hydrogen-bond donors (Lipinski definition) is 2. The third kappa shape index (κ3) is 4.29. The van der Waals surface area contributed by atoms with E-state index in [2.05, 4.69) is 63.1 Å². The maximum Gasteiger partial charge on any atom is 0.191 e. The molecule has 0 aliphatic heterocycles. The van der Waals surface area contributed by atoms with Gasteiger partial charge in [0.2, 0.25) is 0 Å². The summed E-state index contributed by atoms with van der Waals surface area (Å²) in [5.74, 6) is 1.72. The zero-order valence-electron chi connectivity index (χ0n) is 14.2. The molecule has 0 saturated heterocycles. The summed E-state index contributed by atoms with van der Waals surface area (Å²) in [6, 6.07) is 10.6. The molecule has 0 amide bonds. The first-order chi connectivity index (χ1) is 11.7. The van der Waals surface area contributed by atoms with Crippen molar-refractivity contribution in [3.05, 3.63) is 42.5 Å². The maximum atomic E-state index is 4.31. The topological polar surface area (TPSA) is 67.1 Å². The molecule has 1 aromatic carbocycles. The summed E-state index contributed by atoms with van der Waals surface area (Å²) in [4.78, 5) is 5.64. The second kappa shape index (κ2) is 7.70. The Morgan fingerprint density at radius 3 is 2.75 bits per heavy atom. The number of guanidine groups is 1. The quantitative estimate of drug-likeness (QED) is 0.596. The Labute approximate surface area is 147 Å². The molecule has 1 aliphatic rings. The third-order valence-electron chi connectivity index (χ3n) is 4.14. The van der Waals surface area contributed by atoms with Crippen LogP contribution in [0, 0.1) is 0 Å². The lowest BCUT2D eigenvalue weighted by Gasteiger charge is -2.18. The van der Waals surface area contributed by atoms with Crippen molar-refractivity contribution in [3.8, 4) is 0 Å². The molecule has 7 heteroatoms. The first kappa shape index (κ1) is 16.8. The highest BCUT2D eigenvalue weighted by Gasteiger charge is 2.43. The molecule has 6 nitrogen and oxygen atoms in total. The van der Waals surface area contributed by atoms with Crippen molar-refractivity contribution in [1.82, 2.24) is 25.4 Å². The number of nitrogens with one attached hydrogen (secondary N) is 2. The molecule has 3 rings (SSSR count). The molecule has 128 valence electrons. The van der Waals surface area contributed by atoms with Crippen LogP contribution < -0.4 is 10.6 Å².